The number of quaternary nitrogens is 1. The number of rotatable bonds is 28. The number of carbonyl (C=O) groups excluding carboxylic acids is 3. The van der Waals surface area contributed by atoms with Crippen molar-refractivity contribution in [2.45, 2.75) is 238 Å². The Hall–Kier alpha value is -5.93. The molecule has 29 nitrogen and oxygen atoms in total. The fourth-order valence-corrected chi connectivity index (χ4v) is 13.9. The molecule has 6 atom stereocenters. The summed E-state index contributed by atoms with van der Waals surface area (Å²) in [5, 5.41) is 27.4. The van der Waals surface area contributed by atoms with Crippen LogP contribution in [0.1, 0.15) is 229 Å². The molecule has 4 aromatic rings. The normalized spacial score (nSPS) is 24.7. The Morgan fingerprint density at radius 2 is 0.924 bits per heavy atom. The van der Waals surface area contributed by atoms with Gasteiger partial charge in [-0.05, 0) is 119 Å². The van der Waals surface area contributed by atoms with Crippen LogP contribution in [0.4, 0.5) is 14.4 Å². The quantitative estimate of drug-likeness (QED) is 0.0304. The number of nitrogens with two attached hydrogens (primary N) is 1. The van der Waals surface area contributed by atoms with Gasteiger partial charge < -0.3 is 42.7 Å². The van der Waals surface area contributed by atoms with E-state index in [0.29, 0.717) is 103 Å². The Morgan fingerprint density at radius 1 is 0.554 bits per heavy atom. The number of hydrogen-bond acceptors (Lipinski definition) is 21. The molecule has 6 aliphatic heterocycles. The smallest absolute Gasteiger partial charge is 0.418 e. The van der Waals surface area contributed by atoms with Crippen molar-refractivity contribution in [2.75, 3.05) is 45.8 Å². The monoisotopic (exact) mass is 1330 g/mol. The molecule has 3 saturated carbocycles. The molecule has 9 fully saturated rings. The highest BCUT2D eigenvalue weighted by Gasteiger charge is 2.52. The third-order valence-electron chi connectivity index (χ3n) is 19.5. The highest BCUT2D eigenvalue weighted by atomic mass is 32.3. The Balaban J connectivity index is 0.000000136. The van der Waals surface area contributed by atoms with Gasteiger partial charge in [0.15, 0.2) is 0 Å². The van der Waals surface area contributed by atoms with Crippen molar-refractivity contribution in [2.24, 2.45) is 16.6 Å². The SMILES string of the molecule is CC1(Cc2nnc([C@@H]3CC[C@@H]4CN3C(=O)N4OCc3ccccc3)o2)CC1.CC1(Cc2nnc([C@@H]3CC[C@@H]4CN3C(=O)N4OS(=O)(=O)[O-])o2)CC1.CCCC[N+](CCCC)(CCCC)CCCC.NC1(Cc2nnc([C@@H]3CC[C@@H]4CN3C(=O)N4OS(=O)(=O)O)o2)CC1. The largest absolute Gasteiger partial charge is 0.724 e. The molecule has 1 aromatic carbocycles. The lowest BCUT2D eigenvalue weighted by Gasteiger charge is -2.39. The molecule has 0 unspecified atom stereocenters. The molecule has 6 bridgehead atoms. The second-order valence-corrected chi connectivity index (χ2v) is 29.5. The lowest BCUT2D eigenvalue weighted by Crippen LogP contribution is -2.50. The van der Waals surface area contributed by atoms with Gasteiger partial charge >= 0.3 is 28.5 Å². The number of unbranched alkanes of at least 4 members (excludes halogenated alkanes) is 4. The maximum atomic E-state index is 12.9. The van der Waals surface area contributed by atoms with E-state index in [9.17, 15) is 35.8 Å². The first-order valence-corrected chi connectivity index (χ1v) is 35.9. The Morgan fingerprint density at radius 3 is 1.28 bits per heavy atom. The molecule has 0 radical (unpaired) electrons. The van der Waals surface area contributed by atoms with Crippen LogP contribution in [0, 0.1) is 10.8 Å². The summed E-state index contributed by atoms with van der Waals surface area (Å²) in [6, 6.07) is 6.63. The van der Waals surface area contributed by atoms with Gasteiger partial charge in [-0.25, -0.2) is 22.8 Å². The maximum absolute atomic E-state index is 12.9. The van der Waals surface area contributed by atoms with Crippen LogP contribution in [-0.2, 0) is 60.1 Å². The van der Waals surface area contributed by atoms with Gasteiger partial charge in [-0.1, -0.05) is 97.6 Å². The molecular formula is C61H94N14O15S2. The minimum absolute atomic E-state index is 0.0882. The third kappa shape index (κ3) is 17.7. The van der Waals surface area contributed by atoms with Crippen molar-refractivity contribution in [3.8, 4) is 0 Å². The van der Waals surface area contributed by atoms with E-state index >= 15 is 0 Å². The molecule has 3 aliphatic carbocycles. The second kappa shape index (κ2) is 29.0. The van der Waals surface area contributed by atoms with Crippen molar-refractivity contribution in [3.05, 3.63) is 71.2 Å². The van der Waals surface area contributed by atoms with Crippen molar-refractivity contribution in [3.63, 3.8) is 0 Å². The van der Waals surface area contributed by atoms with Gasteiger partial charge in [0.05, 0.1) is 44.3 Å². The summed E-state index contributed by atoms with van der Waals surface area (Å²) in [4.78, 5) is 48.0. The number of benzene rings is 1. The summed E-state index contributed by atoms with van der Waals surface area (Å²) in [6.45, 7) is 21.0. The number of carbonyl (C=O) groups is 3. The zero-order valence-corrected chi connectivity index (χ0v) is 55.8. The average molecular weight is 1330 g/mol. The number of urea groups is 3. The van der Waals surface area contributed by atoms with Crippen LogP contribution in [0.3, 0.4) is 0 Å². The number of hydrogen-bond donors (Lipinski definition) is 2. The Bertz CT molecular complexity index is 3190. The van der Waals surface area contributed by atoms with Crippen LogP contribution in [0.2, 0.25) is 0 Å². The molecule has 13 rings (SSSR count). The molecule has 92 heavy (non-hydrogen) atoms. The number of hydroxylamine groups is 6. The van der Waals surface area contributed by atoms with Crippen molar-refractivity contribution < 1.29 is 71.5 Å². The number of fused-ring (bicyclic) bond motifs is 6. The Kier molecular flexibility index (Phi) is 21.7. The first-order chi connectivity index (χ1) is 43.8. The first kappa shape index (κ1) is 68.9. The van der Waals surface area contributed by atoms with Gasteiger partial charge in [0.25, 0.3) is 0 Å². The summed E-state index contributed by atoms with van der Waals surface area (Å²) in [5.74, 6) is 2.88. The van der Waals surface area contributed by atoms with Gasteiger partial charge in [0.1, 0.15) is 24.7 Å². The number of aromatic nitrogens is 6. The topological polar surface area (TPSA) is 353 Å². The van der Waals surface area contributed by atoms with Crippen LogP contribution in [0.15, 0.2) is 43.6 Å². The molecular weight excluding hydrogens is 1230 g/mol. The molecule has 9 aliphatic rings. The standard InChI is InChI=1S/C20H24N4O3.C16H36N.C13H18N4O6S.C12H17N5O6S/c1-20(9-10-20)11-17-21-22-18(27-17)16-8-7-15-12-23(16)19(25)24(15)26-13-14-5-3-2-4-6-14;1-5-9-13-17(14-10-6-2,15-11-7-3)16-12-8-4;1-13(4-5-13)6-10-14-15-11(22-10)9-3-2-8-7-16(9)12(18)17(8)23-24(19,20)21;13-12(3-4-12)5-9-14-15-10(22-9)8-2-1-7-6-16(8)11(18)17(7)23-24(19,20)21/h2-6,15-16H,7-13H2,1H3;5-16H2,1-4H3;8-9H,2-7H2,1H3,(H,19,20,21);7-8H,1-6,13H2,(H,19,20,21)/q;+1;;/p-1/t15-,16+;;8-,9+;7-,8+/m1.11/s1. The van der Waals surface area contributed by atoms with E-state index < -0.39 is 57.0 Å². The highest BCUT2D eigenvalue weighted by molar-refractivity contribution is 7.81. The van der Waals surface area contributed by atoms with Crippen LogP contribution in [0.5, 0.6) is 0 Å². The van der Waals surface area contributed by atoms with E-state index in [4.69, 9.17) is 28.4 Å². The number of nitrogens with zero attached hydrogens (tertiary/aromatic N) is 13. The fraction of sp³-hybridized carbons (Fsp3) is 0.754. The second-order valence-electron chi connectivity index (χ2n) is 27.5. The van der Waals surface area contributed by atoms with Crippen LogP contribution < -0.4 is 5.73 Å². The average Bonchev–Trinajstić information content (AvgIpc) is 1.64. The third-order valence-corrected chi connectivity index (χ3v) is 20.2. The van der Waals surface area contributed by atoms with Crippen molar-refractivity contribution in [1.82, 2.24) is 60.5 Å². The van der Waals surface area contributed by atoms with Gasteiger partial charge in [-0.3, -0.25) is 9.39 Å². The van der Waals surface area contributed by atoms with E-state index in [1.807, 2.05) is 35.2 Å². The lowest BCUT2D eigenvalue weighted by molar-refractivity contribution is -0.929. The van der Waals surface area contributed by atoms with Crippen LogP contribution >= 0.6 is 0 Å². The van der Waals surface area contributed by atoms with E-state index in [-0.39, 0.29) is 42.2 Å². The predicted molar refractivity (Wildman–Crippen MR) is 328 cm³/mol. The zero-order chi connectivity index (χ0) is 65.6. The minimum atomic E-state index is -4.99. The fourth-order valence-electron chi connectivity index (χ4n) is 13.2. The Labute approximate surface area is 539 Å². The zero-order valence-electron chi connectivity index (χ0n) is 54.1. The predicted octanol–water partition coefficient (Wildman–Crippen LogP) is 9.01. The van der Waals surface area contributed by atoms with Crippen molar-refractivity contribution >= 4 is 38.9 Å². The molecule has 6 saturated heterocycles. The van der Waals surface area contributed by atoms with Crippen molar-refractivity contribution in [1.29, 1.82) is 0 Å². The molecule has 0 spiro atoms. The summed E-state index contributed by atoms with van der Waals surface area (Å²) in [5.41, 5.74) is 7.38. The molecule has 6 amide bonds. The molecule has 3 N–H and O–H groups in total. The summed E-state index contributed by atoms with van der Waals surface area (Å²) >= 11 is 0. The van der Waals surface area contributed by atoms with Crippen LogP contribution in [0.25, 0.3) is 0 Å². The number of amides is 6. The molecule has 31 heteroatoms. The van der Waals surface area contributed by atoms with E-state index in [1.54, 1.807) is 0 Å². The van der Waals surface area contributed by atoms with E-state index in [2.05, 4.69) is 80.7 Å². The van der Waals surface area contributed by atoms with E-state index in [0.717, 1.165) is 50.5 Å². The summed E-state index contributed by atoms with van der Waals surface area (Å²) in [6.07, 6.45) is 23.4. The minimum Gasteiger partial charge on any atom is -0.724 e. The van der Waals surface area contributed by atoms with Gasteiger partial charge in [0, 0.05) is 44.4 Å². The van der Waals surface area contributed by atoms with Crippen LogP contribution in [-0.4, -0.2) is 178 Å². The number of piperidine rings is 3. The molecule has 3 aromatic heterocycles. The van der Waals surface area contributed by atoms with Gasteiger partial charge in [-0.2, -0.15) is 27.9 Å². The van der Waals surface area contributed by atoms with Gasteiger partial charge in [-0.15, -0.1) is 34.9 Å². The summed E-state index contributed by atoms with van der Waals surface area (Å²) < 4.78 is 90.3. The molecule has 510 valence electrons. The highest BCUT2D eigenvalue weighted by Crippen LogP contribution is 2.49. The lowest BCUT2D eigenvalue weighted by atomic mass is 10.0. The van der Waals surface area contributed by atoms with E-state index in [1.165, 1.54) is 110 Å². The summed E-state index contributed by atoms with van der Waals surface area (Å²) in [7, 11) is -9.75. The van der Waals surface area contributed by atoms with Gasteiger partial charge in [0.2, 0.25) is 45.7 Å². The maximum Gasteiger partial charge on any atom is 0.418 e. The molecule has 9 heterocycles. The first-order valence-electron chi connectivity index (χ1n) is 33.2.